The first-order valence-electron chi connectivity index (χ1n) is 10.6. The summed E-state index contributed by atoms with van der Waals surface area (Å²) in [7, 11) is 0. The van der Waals surface area contributed by atoms with E-state index in [9.17, 15) is 19.2 Å². The first-order valence-corrected chi connectivity index (χ1v) is 10.6. The Morgan fingerprint density at radius 3 is 2.70 bits per heavy atom. The topological polar surface area (TPSA) is 140 Å². The molecule has 1 amide bonds. The van der Waals surface area contributed by atoms with E-state index in [1.165, 1.54) is 16.7 Å². The highest BCUT2D eigenvalue weighted by atomic mass is 16.4. The zero-order chi connectivity index (χ0) is 24.0. The number of benzene rings is 1. The van der Waals surface area contributed by atoms with Crippen LogP contribution in [-0.4, -0.2) is 51.8 Å². The standard InChI is InChI=1S/C23H27N5O5/c1-2-3-11-27-19(26-10-6-8-17(24)15-26)12-20(29)28(23(27)33)14-16-7-4-5-9-18(16)22(32)25-13-21(30)31/h4-5,7,9,12,17H,6,8,10-11,13-15,24H2,1H3,(H,25,32)(H,30,31)/t17-/m1/s1. The van der Waals surface area contributed by atoms with Crippen LogP contribution in [0.3, 0.4) is 0 Å². The summed E-state index contributed by atoms with van der Waals surface area (Å²) in [4.78, 5) is 51.5. The molecule has 0 aliphatic carbocycles. The second-order valence-corrected chi connectivity index (χ2v) is 7.80. The highest BCUT2D eigenvalue weighted by Gasteiger charge is 2.22. The quantitative estimate of drug-likeness (QED) is 0.494. The average Bonchev–Trinajstić information content (AvgIpc) is 2.79. The van der Waals surface area contributed by atoms with Crippen LogP contribution in [0.1, 0.15) is 35.7 Å². The molecule has 174 valence electrons. The Bertz CT molecular complexity index is 1220. The number of nitrogens with two attached hydrogens (primary N) is 1. The zero-order valence-corrected chi connectivity index (χ0v) is 18.4. The minimum absolute atomic E-state index is 0.0433. The molecule has 1 aromatic heterocycles. The lowest BCUT2D eigenvalue weighted by atomic mass is 10.1. The molecule has 0 radical (unpaired) electrons. The van der Waals surface area contributed by atoms with Gasteiger partial charge in [-0.2, -0.15) is 0 Å². The SMILES string of the molecule is CC#CCn1c(N2CCC[C@@H](N)C2)cc(=O)n(Cc2ccccc2C(=O)NCC(=O)O)c1=O. The van der Waals surface area contributed by atoms with E-state index in [1.807, 2.05) is 4.90 Å². The van der Waals surface area contributed by atoms with E-state index < -0.39 is 29.7 Å². The molecule has 10 nitrogen and oxygen atoms in total. The van der Waals surface area contributed by atoms with Gasteiger partial charge in [-0.15, -0.1) is 5.92 Å². The van der Waals surface area contributed by atoms with E-state index in [-0.39, 0.29) is 24.7 Å². The van der Waals surface area contributed by atoms with E-state index in [1.54, 1.807) is 25.1 Å². The van der Waals surface area contributed by atoms with Crippen LogP contribution >= 0.6 is 0 Å². The van der Waals surface area contributed by atoms with Gasteiger partial charge >= 0.3 is 11.7 Å². The summed E-state index contributed by atoms with van der Waals surface area (Å²) >= 11 is 0. The molecule has 1 fully saturated rings. The molecule has 1 saturated heterocycles. The number of carbonyl (C=O) groups is 2. The van der Waals surface area contributed by atoms with Crippen molar-refractivity contribution in [2.24, 2.45) is 5.73 Å². The number of piperidine rings is 1. The Balaban J connectivity index is 2.02. The summed E-state index contributed by atoms with van der Waals surface area (Å²) < 4.78 is 2.50. The minimum Gasteiger partial charge on any atom is -0.480 e. The van der Waals surface area contributed by atoms with E-state index in [0.29, 0.717) is 24.5 Å². The number of nitrogens with zero attached hydrogens (tertiary/aromatic N) is 3. The van der Waals surface area contributed by atoms with Crippen molar-refractivity contribution in [3.63, 3.8) is 0 Å². The first kappa shape index (κ1) is 23.8. The second kappa shape index (κ2) is 10.7. The molecule has 0 bridgehead atoms. The maximum atomic E-state index is 13.4. The second-order valence-electron chi connectivity index (χ2n) is 7.80. The summed E-state index contributed by atoms with van der Waals surface area (Å²) in [6.45, 7) is 2.31. The van der Waals surface area contributed by atoms with Crippen molar-refractivity contribution >= 4 is 17.7 Å². The van der Waals surface area contributed by atoms with Crippen LogP contribution < -0.4 is 27.2 Å². The van der Waals surface area contributed by atoms with Crippen molar-refractivity contribution in [3.8, 4) is 11.8 Å². The fourth-order valence-corrected chi connectivity index (χ4v) is 3.84. The van der Waals surface area contributed by atoms with Crippen LogP contribution in [0.5, 0.6) is 0 Å². The predicted molar refractivity (Wildman–Crippen MR) is 123 cm³/mol. The lowest BCUT2D eigenvalue weighted by molar-refractivity contribution is -0.135. The summed E-state index contributed by atoms with van der Waals surface area (Å²) in [5, 5.41) is 11.1. The van der Waals surface area contributed by atoms with Crippen molar-refractivity contribution in [2.75, 3.05) is 24.5 Å². The fraction of sp³-hybridized carbons (Fsp3) is 0.391. The van der Waals surface area contributed by atoms with Crippen LogP contribution in [0.25, 0.3) is 0 Å². The molecule has 2 heterocycles. The van der Waals surface area contributed by atoms with Crippen molar-refractivity contribution in [2.45, 2.75) is 38.9 Å². The van der Waals surface area contributed by atoms with Gasteiger partial charge in [0.05, 0.1) is 13.1 Å². The predicted octanol–water partition coefficient (Wildman–Crippen LogP) is -0.176. The molecule has 0 saturated carbocycles. The monoisotopic (exact) mass is 453 g/mol. The molecule has 0 spiro atoms. The average molecular weight is 453 g/mol. The van der Waals surface area contributed by atoms with Gasteiger partial charge in [0.25, 0.3) is 11.5 Å². The van der Waals surface area contributed by atoms with Gasteiger partial charge in [-0.1, -0.05) is 24.1 Å². The Labute approximate surface area is 190 Å². The highest BCUT2D eigenvalue weighted by Crippen LogP contribution is 2.17. The number of aromatic nitrogens is 2. The number of carbonyl (C=O) groups excluding carboxylic acids is 1. The third kappa shape index (κ3) is 5.70. The molecule has 1 aliphatic rings. The third-order valence-electron chi connectivity index (χ3n) is 5.44. The first-order chi connectivity index (χ1) is 15.8. The molecule has 10 heteroatoms. The molecule has 1 atom stereocenters. The maximum absolute atomic E-state index is 13.4. The van der Waals surface area contributed by atoms with Crippen molar-refractivity contribution in [1.29, 1.82) is 0 Å². The summed E-state index contributed by atoms with van der Waals surface area (Å²) in [6.07, 6.45) is 1.74. The van der Waals surface area contributed by atoms with Crippen LogP contribution in [0.15, 0.2) is 39.9 Å². The molecular weight excluding hydrogens is 426 g/mol. The number of aliphatic carboxylic acids is 1. The van der Waals surface area contributed by atoms with Gasteiger partial charge in [-0.25, -0.2) is 4.79 Å². The summed E-state index contributed by atoms with van der Waals surface area (Å²) in [5.74, 6) is 4.36. The van der Waals surface area contributed by atoms with Gasteiger partial charge in [-0.3, -0.25) is 23.5 Å². The zero-order valence-electron chi connectivity index (χ0n) is 18.4. The van der Waals surface area contributed by atoms with E-state index in [4.69, 9.17) is 10.8 Å². The van der Waals surface area contributed by atoms with E-state index in [2.05, 4.69) is 17.2 Å². The molecule has 1 aliphatic heterocycles. The summed E-state index contributed by atoms with van der Waals surface area (Å²) in [5.41, 5.74) is 5.66. The Kier molecular flexibility index (Phi) is 7.69. The normalized spacial score (nSPS) is 15.5. The minimum atomic E-state index is -1.18. The van der Waals surface area contributed by atoms with Crippen LogP contribution in [-0.2, 0) is 17.9 Å². The van der Waals surface area contributed by atoms with Crippen molar-refractivity contribution in [1.82, 2.24) is 14.5 Å². The Morgan fingerprint density at radius 1 is 1.24 bits per heavy atom. The number of hydrogen-bond donors (Lipinski definition) is 3. The van der Waals surface area contributed by atoms with Gasteiger partial charge in [0.2, 0.25) is 0 Å². The smallest absolute Gasteiger partial charge is 0.333 e. The lowest BCUT2D eigenvalue weighted by Gasteiger charge is -2.33. The number of carboxylic acid groups (broad SMARTS) is 1. The maximum Gasteiger partial charge on any atom is 0.333 e. The van der Waals surface area contributed by atoms with Gasteiger partial charge < -0.3 is 21.1 Å². The Hall–Kier alpha value is -3.84. The number of anilines is 1. The number of nitrogens with one attached hydrogen (secondary N) is 1. The van der Waals surface area contributed by atoms with Crippen LogP contribution in [0, 0.1) is 11.8 Å². The molecule has 2 aromatic rings. The van der Waals surface area contributed by atoms with Crippen molar-refractivity contribution in [3.05, 3.63) is 62.3 Å². The summed E-state index contributed by atoms with van der Waals surface area (Å²) in [6, 6.07) is 7.80. The van der Waals surface area contributed by atoms with Crippen LogP contribution in [0.4, 0.5) is 5.82 Å². The number of rotatable bonds is 7. The number of amides is 1. The Morgan fingerprint density at radius 2 is 2.00 bits per heavy atom. The van der Waals surface area contributed by atoms with Gasteiger partial charge in [0.15, 0.2) is 0 Å². The highest BCUT2D eigenvalue weighted by molar-refractivity contribution is 5.97. The van der Waals surface area contributed by atoms with Crippen molar-refractivity contribution < 1.29 is 14.7 Å². The van der Waals surface area contributed by atoms with Gasteiger partial charge in [0, 0.05) is 30.8 Å². The fourth-order valence-electron chi connectivity index (χ4n) is 3.84. The van der Waals surface area contributed by atoms with Gasteiger partial charge in [0.1, 0.15) is 12.4 Å². The third-order valence-corrected chi connectivity index (χ3v) is 5.44. The van der Waals surface area contributed by atoms with Gasteiger partial charge in [-0.05, 0) is 31.4 Å². The van der Waals surface area contributed by atoms with E-state index in [0.717, 1.165) is 17.4 Å². The molecule has 33 heavy (non-hydrogen) atoms. The molecular formula is C23H27N5O5. The lowest BCUT2D eigenvalue weighted by Crippen LogP contribution is -2.48. The molecule has 1 aromatic carbocycles. The molecule has 3 rings (SSSR count). The number of carboxylic acids is 1. The van der Waals surface area contributed by atoms with E-state index >= 15 is 0 Å². The number of hydrogen-bond acceptors (Lipinski definition) is 6. The molecule has 4 N–H and O–H groups in total. The van der Waals surface area contributed by atoms with Crippen LogP contribution in [0.2, 0.25) is 0 Å². The largest absolute Gasteiger partial charge is 0.480 e. The molecule has 0 unspecified atom stereocenters.